The summed E-state index contributed by atoms with van der Waals surface area (Å²) in [4.78, 5) is 10.8. The van der Waals surface area contributed by atoms with Gasteiger partial charge in [0.25, 0.3) is 5.24 Å². The summed E-state index contributed by atoms with van der Waals surface area (Å²) in [6.07, 6.45) is 5.74. The first-order valence-corrected chi connectivity index (χ1v) is 6.62. The number of carbonyl (C=O) groups is 1. The lowest BCUT2D eigenvalue weighted by molar-refractivity contribution is 0.107. The third-order valence-electron chi connectivity index (χ3n) is 2.92. The normalized spacial score (nSPS) is 10.7. The van der Waals surface area contributed by atoms with Crippen LogP contribution in [0, 0.1) is 11.6 Å². The topological polar surface area (TPSA) is 17.1 Å². The molecule has 1 nitrogen and oxygen atoms in total. The molecule has 0 aliphatic carbocycles. The van der Waals surface area contributed by atoms with E-state index in [1.54, 1.807) is 0 Å². The summed E-state index contributed by atoms with van der Waals surface area (Å²) >= 11 is 5.15. The molecule has 0 aromatic heterocycles. The van der Waals surface area contributed by atoms with Crippen LogP contribution in [-0.2, 0) is 6.42 Å². The van der Waals surface area contributed by atoms with E-state index in [1.807, 2.05) is 0 Å². The Morgan fingerprint density at radius 1 is 1.11 bits per heavy atom. The maximum Gasteiger partial charge on any atom is 0.255 e. The summed E-state index contributed by atoms with van der Waals surface area (Å²) in [6.45, 7) is 2.12. The minimum atomic E-state index is -1.14. The van der Waals surface area contributed by atoms with E-state index in [4.69, 9.17) is 11.6 Å². The highest BCUT2D eigenvalue weighted by atomic mass is 35.5. The molecule has 0 radical (unpaired) electrons. The summed E-state index contributed by atoms with van der Waals surface area (Å²) < 4.78 is 27.1. The monoisotopic (exact) mass is 274 g/mol. The SMILES string of the molecule is CCCCCCCc1ccc(C(=O)Cl)c(F)c1F. The minimum Gasteiger partial charge on any atom is -0.275 e. The van der Waals surface area contributed by atoms with Crippen LogP contribution in [0.5, 0.6) is 0 Å². The summed E-state index contributed by atoms with van der Waals surface area (Å²) in [6, 6.07) is 2.68. The van der Waals surface area contributed by atoms with E-state index in [0.29, 0.717) is 12.0 Å². The van der Waals surface area contributed by atoms with E-state index in [1.165, 1.54) is 12.1 Å². The van der Waals surface area contributed by atoms with Crippen molar-refractivity contribution >= 4 is 16.8 Å². The fourth-order valence-corrected chi connectivity index (χ4v) is 2.00. The molecular formula is C14H17ClF2O. The molecule has 18 heavy (non-hydrogen) atoms. The van der Waals surface area contributed by atoms with Crippen LogP contribution in [-0.4, -0.2) is 5.24 Å². The van der Waals surface area contributed by atoms with Crippen molar-refractivity contribution in [2.45, 2.75) is 45.4 Å². The van der Waals surface area contributed by atoms with Gasteiger partial charge in [0.1, 0.15) is 0 Å². The molecular weight excluding hydrogens is 258 g/mol. The lowest BCUT2D eigenvalue weighted by Gasteiger charge is -2.06. The van der Waals surface area contributed by atoms with E-state index in [9.17, 15) is 13.6 Å². The number of benzene rings is 1. The number of unbranched alkanes of at least 4 members (excludes halogenated alkanes) is 4. The average Bonchev–Trinajstić information content (AvgIpc) is 2.33. The lowest BCUT2D eigenvalue weighted by atomic mass is 10.0. The van der Waals surface area contributed by atoms with Crippen LogP contribution in [0.3, 0.4) is 0 Å². The van der Waals surface area contributed by atoms with Gasteiger partial charge >= 0.3 is 0 Å². The van der Waals surface area contributed by atoms with E-state index in [-0.39, 0.29) is 0 Å². The molecule has 100 valence electrons. The van der Waals surface area contributed by atoms with Crippen LogP contribution < -0.4 is 0 Å². The molecule has 0 fully saturated rings. The molecule has 0 unspecified atom stereocenters. The van der Waals surface area contributed by atoms with Crippen LogP contribution in [0.25, 0.3) is 0 Å². The Morgan fingerprint density at radius 3 is 2.39 bits per heavy atom. The molecule has 0 N–H and O–H groups in total. The van der Waals surface area contributed by atoms with Crippen molar-refractivity contribution < 1.29 is 13.6 Å². The molecule has 1 aromatic rings. The quantitative estimate of drug-likeness (QED) is 0.513. The summed E-state index contributed by atoms with van der Waals surface area (Å²) in [5.41, 5.74) is -0.0884. The summed E-state index contributed by atoms with van der Waals surface area (Å²) in [7, 11) is 0. The van der Waals surface area contributed by atoms with Crippen molar-refractivity contribution in [1.29, 1.82) is 0 Å². The molecule has 0 aliphatic rings. The molecule has 0 amide bonds. The van der Waals surface area contributed by atoms with E-state index in [0.717, 1.165) is 32.1 Å². The molecule has 0 heterocycles. The molecule has 4 heteroatoms. The van der Waals surface area contributed by atoms with Crippen LogP contribution >= 0.6 is 11.6 Å². The summed E-state index contributed by atoms with van der Waals surface area (Å²) in [5, 5.41) is -0.971. The zero-order valence-electron chi connectivity index (χ0n) is 10.4. The summed E-state index contributed by atoms with van der Waals surface area (Å²) in [5.74, 6) is -2.09. The highest BCUT2D eigenvalue weighted by Gasteiger charge is 2.16. The van der Waals surface area contributed by atoms with Gasteiger partial charge in [0.05, 0.1) is 5.56 Å². The van der Waals surface area contributed by atoms with Crippen molar-refractivity contribution in [3.05, 3.63) is 34.9 Å². The fourth-order valence-electron chi connectivity index (χ4n) is 1.85. The molecule has 0 spiro atoms. The fraction of sp³-hybridized carbons (Fsp3) is 0.500. The Labute approximate surface area is 111 Å². The second-order valence-electron chi connectivity index (χ2n) is 4.34. The van der Waals surface area contributed by atoms with Crippen LogP contribution in [0.15, 0.2) is 12.1 Å². The first kappa shape index (κ1) is 15.1. The van der Waals surface area contributed by atoms with E-state index >= 15 is 0 Å². The van der Waals surface area contributed by atoms with Gasteiger partial charge in [-0.2, -0.15) is 0 Å². The third-order valence-corrected chi connectivity index (χ3v) is 3.13. The second kappa shape index (κ2) is 7.47. The van der Waals surface area contributed by atoms with Crippen LogP contribution in [0.1, 0.15) is 54.9 Å². The molecule has 1 rings (SSSR count). The van der Waals surface area contributed by atoms with Gasteiger partial charge in [-0.1, -0.05) is 38.7 Å². The Bertz CT molecular complexity index is 419. The number of aryl methyl sites for hydroxylation is 1. The minimum absolute atomic E-state index is 0.311. The van der Waals surface area contributed by atoms with Crippen molar-refractivity contribution in [3.63, 3.8) is 0 Å². The Hall–Kier alpha value is -0.960. The lowest BCUT2D eigenvalue weighted by Crippen LogP contribution is -2.02. The van der Waals surface area contributed by atoms with Gasteiger partial charge in [-0.05, 0) is 36.1 Å². The number of hydrogen-bond acceptors (Lipinski definition) is 1. The van der Waals surface area contributed by atoms with E-state index < -0.39 is 22.4 Å². The Morgan fingerprint density at radius 2 is 1.78 bits per heavy atom. The maximum atomic E-state index is 13.6. The highest BCUT2D eigenvalue weighted by molar-refractivity contribution is 6.67. The molecule has 0 saturated heterocycles. The maximum absolute atomic E-state index is 13.6. The second-order valence-corrected chi connectivity index (χ2v) is 4.68. The van der Waals surface area contributed by atoms with Crippen LogP contribution in [0.2, 0.25) is 0 Å². The number of rotatable bonds is 7. The van der Waals surface area contributed by atoms with Gasteiger partial charge < -0.3 is 0 Å². The van der Waals surface area contributed by atoms with Gasteiger partial charge in [-0.25, -0.2) is 8.78 Å². The average molecular weight is 275 g/mol. The largest absolute Gasteiger partial charge is 0.275 e. The van der Waals surface area contributed by atoms with Gasteiger partial charge in [-0.15, -0.1) is 0 Å². The smallest absolute Gasteiger partial charge is 0.255 e. The Kier molecular flexibility index (Phi) is 6.27. The molecule has 0 atom stereocenters. The van der Waals surface area contributed by atoms with Gasteiger partial charge in [0, 0.05) is 0 Å². The predicted molar refractivity (Wildman–Crippen MR) is 69.0 cm³/mol. The van der Waals surface area contributed by atoms with E-state index in [2.05, 4.69) is 6.92 Å². The van der Waals surface area contributed by atoms with Crippen molar-refractivity contribution in [2.75, 3.05) is 0 Å². The number of hydrogen-bond donors (Lipinski definition) is 0. The zero-order chi connectivity index (χ0) is 13.5. The first-order chi connectivity index (χ1) is 8.57. The molecule has 0 saturated carbocycles. The number of carbonyl (C=O) groups excluding carboxylic acids is 1. The third kappa shape index (κ3) is 4.05. The predicted octanol–water partition coefficient (Wildman–Crippen LogP) is 4.86. The van der Waals surface area contributed by atoms with Crippen LogP contribution in [0.4, 0.5) is 8.78 Å². The van der Waals surface area contributed by atoms with Crippen molar-refractivity contribution in [1.82, 2.24) is 0 Å². The highest BCUT2D eigenvalue weighted by Crippen LogP contribution is 2.20. The van der Waals surface area contributed by atoms with Gasteiger partial charge in [-0.3, -0.25) is 4.79 Å². The molecule has 0 aliphatic heterocycles. The van der Waals surface area contributed by atoms with Gasteiger partial charge in [0.2, 0.25) is 0 Å². The van der Waals surface area contributed by atoms with Crippen molar-refractivity contribution in [2.24, 2.45) is 0 Å². The molecule has 1 aromatic carbocycles. The zero-order valence-corrected chi connectivity index (χ0v) is 11.2. The first-order valence-electron chi connectivity index (χ1n) is 6.24. The van der Waals surface area contributed by atoms with Gasteiger partial charge in [0.15, 0.2) is 11.6 Å². The molecule has 0 bridgehead atoms. The standard InChI is InChI=1S/C14H17ClF2O/c1-2-3-4-5-6-7-10-8-9-11(14(15)18)13(17)12(10)16/h8-9H,2-7H2,1H3. The Balaban J connectivity index is 2.62. The van der Waals surface area contributed by atoms with Crippen molar-refractivity contribution in [3.8, 4) is 0 Å². The number of halogens is 3.